The lowest BCUT2D eigenvalue weighted by molar-refractivity contribution is -0.355. The monoisotopic (exact) mass is 759 g/mol. The number of unbranched alkanes of at least 4 members (excludes halogenated alkanes) is 1. The molecule has 0 unspecified atom stereocenters. The van der Waals surface area contributed by atoms with Crippen LogP contribution in [0.2, 0.25) is 0 Å². The number of aromatic amines is 1. The molecule has 0 radical (unpaired) electrons. The van der Waals surface area contributed by atoms with E-state index in [-0.39, 0.29) is 18.9 Å². The Kier molecular flexibility index (Phi) is 14.2. The maximum Gasteiger partial charge on any atom is 0.329 e. The number of amides is 1. The lowest BCUT2D eigenvalue weighted by Gasteiger charge is -2.45. The van der Waals surface area contributed by atoms with Crippen LogP contribution in [0.5, 0.6) is 0 Å². The highest BCUT2D eigenvalue weighted by atomic mass is 16.7. The first-order valence-corrected chi connectivity index (χ1v) is 17.9. The van der Waals surface area contributed by atoms with Gasteiger partial charge in [0.25, 0.3) is 0 Å². The Morgan fingerprint density at radius 2 is 1.59 bits per heavy atom. The second-order valence-electron chi connectivity index (χ2n) is 13.8. The fourth-order valence-electron chi connectivity index (χ4n) is 6.57. The van der Waals surface area contributed by atoms with Gasteiger partial charge in [0.05, 0.1) is 6.61 Å². The highest BCUT2D eigenvalue weighted by Gasteiger charge is 2.50. The average molecular weight is 760 g/mol. The number of benzene rings is 2. The third-order valence-corrected chi connectivity index (χ3v) is 9.59. The number of nitrogens with zero attached hydrogens (tertiary/aromatic N) is 4. The molecule has 0 spiro atoms. The standard InChI is InChI=1S/C36H49N5O13/c1-4-5-10-25(43)41(15-19-11-13-20(14-12-19)21-8-6-7-9-22(21)33-37-39-40-38-33)26(18(2)3)34(49)51-17-24-27(44)28(45)31(48)36(53-24)54-32-23(16-42)52-35(50)30(47)29(32)46/h6-9,11-14,18,23-24,26-32,35-36,42,44-48,50H,4-5,10,15-17H2,1-3H3,(H,37,38,39,40)/t23-,24-,26+,27+,28+,29-,30-,31-,32-,35+,36+/m1/s1. The van der Waals surface area contributed by atoms with Gasteiger partial charge >= 0.3 is 5.97 Å². The summed E-state index contributed by atoms with van der Waals surface area (Å²) in [5.74, 6) is -1.05. The summed E-state index contributed by atoms with van der Waals surface area (Å²) in [6.07, 6.45) is -15.6. The molecule has 0 saturated carbocycles. The zero-order chi connectivity index (χ0) is 39.1. The van der Waals surface area contributed by atoms with E-state index in [9.17, 15) is 45.3 Å². The molecule has 0 aliphatic carbocycles. The molecule has 296 valence electrons. The van der Waals surface area contributed by atoms with Crippen molar-refractivity contribution in [3.63, 3.8) is 0 Å². The molecule has 2 aliphatic heterocycles. The maximum absolute atomic E-state index is 13.8. The molecule has 1 aromatic heterocycles. The zero-order valence-electron chi connectivity index (χ0n) is 30.2. The molecule has 0 bridgehead atoms. The Balaban J connectivity index is 1.31. The van der Waals surface area contributed by atoms with Gasteiger partial charge in [-0.2, -0.15) is 5.21 Å². The molecule has 54 heavy (non-hydrogen) atoms. The largest absolute Gasteiger partial charge is 0.461 e. The van der Waals surface area contributed by atoms with Gasteiger partial charge in [-0.3, -0.25) is 4.79 Å². The van der Waals surface area contributed by atoms with Gasteiger partial charge < -0.3 is 59.6 Å². The van der Waals surface area contributed by atoms with Crippen LogP contribution in [0.1, 0.15) is 45.6 Å². The number of carbonyl (C=O) groups excluding carboxylic acids is 2. The number of aliphatic hydroxyl groups is 7. The Bertz CT molecular complexity index is 1650. The summed E-state index contributed by atoms with van der Waals surface area (Å²) in [6, 6.07) is 14.0. The van der Waals surface area contributed by atoms with Gasteiger partial charge in [-0.05, 0) is 34.2 Å². The molecule has 2 aliphatic rings. The van der Waals surface area contributed by atoms with E-state index in [0.717, 1.165) is 28.7 Å². The Morgan fingerprint density at radius 1 is 0.889 bits per heavy atom. The van der Waals surface area contributed by atoms with Crippen LogP contribution in [0.25, 0.3) is 22.5 Å². The van der Waals surface area contributed by atoms with Gasteiger partial charge in [0.2, 0.25) is 11.7 Å². The molecule has 3 heterocycles. The minimum absolute atomic E-state index is 0.0784. The van der Waals surface area contributed by atoms with E-state index in [1.54, 1.807) is 13.8 Å². The van der Waals surface area contributed by atoms with Crippen LogP contribution in [-0.2, 0) is 35.1 Å². The zero-order valence-corrected chi connectivity index (χ0v) is 30.2. The van der Waals surface area contributed by atoms with Crippen LogP contribution >= 0.6 is 0 Å². The van der Waals surface area contributed by atoms with Gasteiger partial charge in [-0.1, -0.05) is 75.7 Å². The Morgan fingerprint density at radius 3 is 2.22 bits per heavy atom. The first kappa shape index (κ1) is 41.2. The molecular formula is C36H49N5O13. The van der Waals surface area contributed by atoms with Crippen molar-refractivity contribution in [2.75, 3.05) is 13.2 Å². The fraction of sp³-hybridized carbons (Fsp3) is 0.583. The average Bonchev–Trinajstić information content (AvgIpc) is 3.71. The number of aliphatic hydroxyl groups excluding tert-OH is 7. The van der Waals surface area contributed by atoms with Crippen LogP contribution in [0.15, 0.2) is 48.5 Å². The second-order valence-corrected chi connectivity index (χ2v) is 13.8. The summed E-state index contributed by atoms with van der Waals surface area (Å²) in [4.78, 5) is 29.0. The predicted octanol–water partition coefficient (Wildman–Crippen LogP) is -0.756. The summed E-state index contributed by atoms with van der Waals surface area (Å²) < 4.78 is 22.0. The van der Waals surface area contributed by atoms with Crippen molar-refractivity contribution in [2.45, 2.75) is 114 Å². The van der Waals surface area contributed by atoms with E-state index in [0.29, 0.717) is 12.2 Å². The summed E-state index contributed by atoms with van der Waals surface area (Å²) in [5.41, 5.74) is 3.26. The van der Waals surface area contributed by atoms with Crippen molar-refractivity contribution < 1.29 is 64.3 Å². The van der Waals surface area contributed by atoms with E-state index in [1.807, 2.05) is 55.5 Å². The smallest absolute Gasteiger partial charge is 0.329 e. The highest BCUT2D eigenvalue weighted by molar-refractivity contribution is 5.85. The van der Waals surface area contributed by atoms with Crippen LogP contribution < -0.4 is 0 Å². The number of tetrazole rings is 1. The van der Waals surface area contributed by atoms with E-state index >= 15 is 0 Å². The van der Waals surface area contributed by atoms with Gasteiger partial charge in [-0.25, -0.2) is 4.79 Å². The molecule has 2 fully saturated rings. The highest BCUT2D eigenvalue weighted by Crippen LogP contribution is 2.31. The van der Waals surface area contributed by atoms with Crippen molar-refractivity contribution in [3.8, 4) is 22.5 Å². The van der Waals surface area contributed by atoms with Crippen LogP contribution in [0.4, 0.5) is 0 Å². The number of rotatable bonds is 15. The quantitative estimate of drug-likeness (QED) is 0.0886. The topological polar surface area (TPSA) is 270 Å². The predicted molar refractivity (Wildman–Crippen MR) is 186 cm³/mol. The van der Waals surface area contributed by atoms with Crippen molar-refractivity contribution in [1.82, 2.24) is 25.5 Å². The third kappa shape index (κ3) is 9.28. The summed E-state index contributed by atoms with van der Waals surface area (Å²) in [5, 5.41) is 86.4. The van der Waals surface area contributed by atoms with Gasteiger partial charge in [0.1, 0.15) is 61.5 Å². The number of esters is 1. The van der Waals surface area contributed by atoms with Gasteiger partial charge in [0.15, 0.2) is 12.6 Å². The number of H-pyrrole nitrogens is 1. The molecule has 1 amide bonds. The molecule has 5 rings (SSSR count). The molecule has 2 saturated heterocycles. The lowest BCUT2D eigenvalue weighted by Crippen LogP contribution is -2.64. The van der Waals surface area contributed by atoms with Crippen molar-refractivity contribution in [2.24, 2.45) is 5.92 Å². The van der Waals surface area contributed by atoms with E-state index < -0.39 is 92.6 Å². The van der Waals surface area contributed by atoms with E-state index in [2.05, 4.69) is 20.6 Å². The number of carbonyl (C=O) groups is 2. The molecule has 18 heteroatoms. The molecule has 2 aromatic carbocycles. The van der Waals surface area contributed by atoms with Crippen LogP contribution in [-0.4, -0.2) is 154 Å². The molecule has 18 nitrogen and oxygen atoms in total. The summed E-state index contributed by atoms with van der Waals surface area (Å²) >= 11 is 0. The number of hydrogen-bond donors (Lipinski definition) is 8. The van der Waals surface area contributed by atoms with Gasteiger partial charge in [0, 0.05) is 18.5 Å². The van der Waals surface area contributed by atoms with Crippen LogP contribution in [0, 0.1) is 5.92 Å². The molecule has 8 N–H and O–H groups in total. The normalized spacial score (nSPS) is 29.2. The SMILES string of the molecule is CCCCC(=O)N(Cc1ccc(-c2ccccc2-c2nn[nH]n2)cc1)[C@H](C(=O)OC[C@H]1O[C@@H](O[C@H]2[C@H](O)[C@@H](O)[C@@H](O)O[C@@H]2CO)[C@H](O)[C@@H](O)[C@H]1O)C(C)C. The van der Waals surface area contributed by atoms with Gasteiger partial charge in [-0.15, -0.1) is 10.2 Å². The Labute approximate surface area is 311 Å². The molecule has 11 atom stereocenters. The minimum atomic E-state index is -1.88. The van der Waals surface area contributed by atoms with E-state index in [1.165, 1.54) is 4.90 Å². The summed E-state index contributed by atoms with van der Waals surface area (Å²) in [6.45, 7) is 4.17. The number of aromatic nitrogens is 4. The number of hydrogen-bond acceptors (Lipinski definition) is 16. The lowest BCUT2D eigenvalue weighted by atomic mass is 9.97. The first-order chi connectivity index (χ1) is 25.9. The molecule has 3 aromatic rings. The maximum atomic E-state index is 13.8. The fourth-order valence-corrected chi connectivity index (χ4v) is 6.57. The van der Waals surface area contributed by atoms with Crippen molar-refractivity contribution in [3.05, 3.63) is 54.1 Å². The first-order valence-electron chi connectivity index (χ1n) is 17.9. The van der Waals surface area contributed by atoms with E-state index in [4.69, 9.17) is 18.9 Å². The third-order valence-electron chi connectivity index (χ3n) is 9.59. The number of ether oxygens (including phenoxy) is 4. The summed E-state index contributed by atoms with van der Waals surface area (Å²) in [7, 11) is 0. The van der Waals surface area contributed by atoms with Crippen molar-refractivity contribution >= 4 is 11.9 Å². The number of nitrogens with one attached hydrogen (secondary N) is 1. The van der Waals surface area contributed by atoms with Crippen molar-refractivity contribution in [1.29, 1.82) is 0 Å². The second kappa shape index (κ2) is 18.6. The minimum Gasteiger partial charge on any atom is -0.461 e. The Hall–Kier alpha value is -3.95. The van der Waals surface area contributed by atoms with Crippen LogP contribution in [0.3, 0.4) is 0 Å². The molecular weight excluding hydrogens is 710 g/mol.